The number of rotatable bonds is 6. The van der Waals surface area contributed by atoms with Crippen molar-refractivity contribution in [2.75, 3.05) is 26.2 Å². The van der Waals surface area contributed by atoms with E-state index in [1.807, 2.05) is 11.8 Å². The van der Waals surface area contributed by atoms with Crippen LogP contribution in [0.4, 0.5) is 4.79 Å². The van der Waals surface area contributed by atoms with E-state index in [1.165, 1.54) is 0 Å². The average molecular weight is 300 g/mol. The van der Waals surface area contributed by atoms with Crippen LogP contribution in [0.3, 0.4) is 0 Å². The van der Waals surface area contributed by atoms with Crippen LogP contribution in [0.25, 0.3) is 0 Å². The van der Waals surface area contributed by atoms with E-state index in [9.17, 15) is 14.7 Å². The van der Waals surface area contributed by atoms with Gasteiger partial charge in [0.05, 0.1) is 12.1 Å². The van der Waals surface area contributed by atoms with Gasteiger partial charge in [0.25, 0.3) is 0 Å². The van der Waals surface area contributed by atoms with Gasteiger partial charge in [-0.05, 0) is 46.0 Å². The quantitative estimate of drug-likeness (QED) is 0.783. The van der Waals surface area contributed by atoms with Crippen molar-refractivity contribution in [2.45, 2.75) is 52.1 Å². The van der Waals surface area contributed by atoms with Crippen LogP contribution in [0, 0.1) is 5.92 Å². The highest BCUT2D eigenvalue weighted by Gasteiger charge is 2.28. The number of hydrogen-bond acceptors (Lipinski definition) is 3. The fraction of sp³-hybridized carbons (Fsp3) is 0.867. The monoisotopic (exact) mass is 300 g/mol. The molecule has 1 heterocycles. The van der Waals surface area contributed by atoms with Gasteiger partial charge in [-0.3, -0.25) is 4.79 Å². The second-order valence-corrected chi connectivity index (χ2v) is 6.47. The van der Waals surface area contributed by atoms with E-state index < -0.39 is 11.6 Å². The van der Waals surface area contributed by atoms with Crippen LogP contribution in [0.2, 0.25) is 0 Å². The summed E-state index contributed by atoms with van der Waals surface area (Å²) in [7, 11) is 0. The maximum absolute atomic E-state index is 12.4. The zero-order chi connectivity index (χ0) is 16.0. The third-order valence-electron chi connectivity index (χ3n) is 3.88. The van der Waals surface area contributed by atoms with E-state index in [0.717, 1.165) is 12.8 Å². The molecule has 1 aliphatic heterocycles. The highest BCUT2D eigenvalue weighted by molar-refractivity contribution is 5.74. The zero-order valence-corrected chi connectivity index (χ0v) is 13.3. The molecule has 0 aliphatic carbocycles. The van der Waals surface area contributed by atoms with Crippen molar-refractivity contribution in [3.05, 3.63) is 0 Å². The van der Waals surface area contributed by atoms with Gasteiger partial charge < -0.3 is 20.0 Å². The zero-order valence-electron chi connectivity index (χ0n) is 13.3. The van der Waals surface area contributed by atoms with Crippen molar-refractivity contribution in [2.24, 2.45) is 5.92 Å². The third kappa shape index (κ3) is 6.33. The Morgan fingerprint density at radius 1 is 1.29 bits per heavy atom. The predicted molar refractivity (Wildman–Crippen MR) is 80.1 cm³/mol. The standard InChI is InChI=1S/C15H28N2O4/c1-4-16(11-15(2,3)21)14(20)17-9-7-12(8-10-17)5-6-13(18)19/h12,21H,4-11H2,1-3H3,(H,18,19). The Morgan fingerprint density at radius 2 is 1.86 bits per heavy atom. The third-order valence-corrected chi connectivity index (χ3v) is 3.88. The minimum Gasteiger partial charge on any atom is -0.481 e. The minimum absolute atomic E-state index is 0.0312. The summed E-state index contributed by atoms with van der Waals surface area (Å²) in [4.78, 5) is 26.5. The molecule has 122 valence electrons. The van der Waals surface area contributed by atoms with Crippen molar-refractivity contribution in [1.29, 1.82) is 0 Å². The fourth-order valence-electron chi connectivity index (χ4n) is 2.72. The largest absolute Gasteiger partial charge is 0.481 e. The second-order valence-electron chi connectivity index (χ2n) is 6.47. The van der Waals surface area contributed by atoms with Gasteiger partial charge in [0.15, 0.2) is 0 Å². The molecule has 0 unspecified atom stereocenters. The number of likely N-dealkylation sites (N-methyl/N-ethyl adjacent to an activating group) is 1. The summed E-state index contributed by atoms with van der Waals surface area (Å²) in [6.45, 7) is 7.53. The Balaban J connectivity index is 2.45. The van der Waals surface area contributed by atoms with E-state index in [2.05, 4.69) is 0 Å². The first kappa shape index (κ1) is 17.8. The number of urea groups is 1. The minimum atomic E-state index is -0.897. The molecule has 2 amide bonds. The topological polar surface area (TPSA) is 81.1 Å². The van der Waals surface area contributed by atoms with Gasteiger partial charge in [0, 0.05) is 26.1 Å². The number of carbonyl (C=O) groups is 2. The molecule has 0 bridgehead atoms. The first-order valence-electron chi connectivity index (χ1n) is 7.71. The molecule has 2 N–H and O–H groups in total. The van der Waals surface area contributed by atoms with Gasteiger partial charge in [-0.1, -0.05) is 0 Å². The molecule has 0 aromatic heterocycles. The van der Waals surface area contributed by atoms with E-state index >= 15 is 0 Å². The Labute approximate surface area is 126 Å². The first-order chi connectivity index (χ1) is 9.73. The van der Waals surface area contributed by atoms with Crippen molar-refractivity contribution in [3.8, 4) is 0 Å². The number of nitrogens with zero attached hydrogens (tertiary/aromatic N) is 2. The highest BCUT2D eigenvalue weighted by atomic mass is 16.4. The van der Waals surface area contributed by atoms with Crippen LogP contribution < -0.4 is 0 Å². The molecule has 21 heavy (non-hydrogen) atoms. The van der Waals surface area contributed by atoms with Crippen LogP contribution in [0.1, 0.15) is 46.5 Å². The molecule has 1 fully saturated rings. The molecule has 0 spiro atoms. The summed E-state index contributed by atoms with van der Waals surface area (Å²) < 4.78 is 0. The number of piperidine rings is 1. The van der Waals surface area contributed by atoms with Gasteiger partial charge in [-0.25, -0.2) is 4.79 Å². The molecule has 0 atom stereocenters. The lowest BCUT2D eigenvalue weighted by Gasteiger charge is -2.37. The molecule has 0 saturated carbocycles. The predicted octanol–water partition coefficient (Wildman–Crippen LogP) is 1.78. The second kappa shape index (κ2) is 7.64. The summed E-state index contributed by atoms with van der Waals surface area (Å²) in [5.74, 6) is -0.356. The number of aliphatic carboxylic acids is 1. The molecule has 0 aromatic carbocycles. The maximum Gasteiger partial charge on any atom is 0.320 e. The Bertz CT molecular complexity index is 357. The van der Waals surface area contributed by atoms with Crippen LogP contribution in [0.5, 0.6) is 0 Å². The number of hydrogen-bond donors (Lipinski definition) is 2. The molecule has 1 aliphatic rings. The van der Waals surface area contributed by atoms with Crippen LogP contribution in [0.15, 0.2) is 0 Å². The van der Waals surface area contributed by atoms with Crippen LogP contribution in [-0.2, 0) is 4.79 Å². The molecular formula is C15H28N2O4. The number of carboxylic acids is 1. The fourth-order valence-corrected chi connectivity index (χ4v) is 2.72. The lowest BCUT2D eigenvalue weighted by molar-refractivity contribution is -0.137. The Hall–Kier alpha value is -1.30. The van der Waals surface area contributed by atoms with E-state index in [4.69, 9.17) is 5.11 Å². The summed E-state index contributed by atoms with van der Waals surface area (Å²) in [5.41, 5.74) is -0.897. The Morgan fingerprint density at radius 3 is 2.29 bits per heavy atom. The summed E-state index contributed by atoms with van der Waals surface area (Å²) in [5, 5.41) is 18.6. The molecule has 1 rings (SSSR count). The molecule has 6 heteroatoms. The number of carboxylic acid groups (broad SMARTS) is 1. The Kier molecular flexibility index (Phi) is 6.45. The smallest absolute Gasteiger partial charge is 0.320 e. The van der Waals surface area contributed by atoms with E-state index in [1.54, 1.807) is 18.7 Å². The molecular weight excluding hydrogens is 272 g/mol. The van der Waals surface area contributed by atoms with Crippen molar-refractivity contribution >= 4 is 12.0 Å². The first-order valence-corrected chi connectivity index (χ1v) is 7.71. The number of carbonyl (C=O) groups excluding carboxylic acids is 1. The number of aliphatic hydroxyl groups is 1. The van der Waals surface area contributed by atoms with Gasteiger partial charge in [0.1, 0.15) is 0 Å². The number of likely N-dealkylation sites (tertiary alicyclic amines) is 1. The molecule has 0 aromatic rings. The summed E-state index contributed by atoms with van der Waals surface area (Å²) in [6, 6.07) is -0.0312. The lowest BCUT2D eigenvalue weighted by Crippen LogP contribution is -2.50. The van der Waals surface area contributed by atoms with Crippen LogP contribution in [-0.4, -0.2) is 63.8 Å². The SMILES string of the molecule is CCN(CC(C)(C)O)C(=O)N1CCC(CCC(=O)O)CC1. The molecule has 1 saturated heterocycles. The van der Waals surface area contributed by atoms with E-state index in [0.29, 0.717) is 38.5 Å². The highest BCUT2D eigenvalue weighted by Crippen LogP contribution is 2.23. The van der Waals surface area contributed by atoms with Gasteiger partial charge in [0.2, 0.25) is 0 Å². The van der Waals surface area contributed by atoms with Gasteiger partial charge in [-0.15, -0.1) is 0 Å². The van der Waals surface area contributed by atoms with Crippen molar-refractivity contribution < 1.29 is 19.8 Å². The van der Waals surface area contributed by atoms with Gasteiger partial charge in [-0.2, -0.15) is 0 Å². The van der Waals surface area contributed by atoms with Crippen LogP contribution >= 0.6 is 0 Å². The molecule has 6 nitrogen and oxygen atoms in total. The average Bonchev–Trinajstić information content (AvgIpc) is 2.41. The lowest BCUT2D eigenvalue weighted by atomic mass is 9.92. The number of amides is 2. The van der Waals surface area contributed by atoms with Crippen molar-refractivity contribution in [3.63, 3.8) is 0 Å². The maximum atomic E-state index is 12.4. The van der Waals surface area contributed by atoms with Gasteiger partial charge >= 0.3 is 12.0 Å². The van der Waals surface area contributed by atoms with Crippen molar-refractivity contribution in [1.82, 2.24) is 9.80 Å². The summed E-state index contributed by atoms with van der Waals surface area (Å²) >= 11 is 0. The summed E-state index contributed by atoms with van der Waals surface area (Å²) in [6.07, 6.45) is 2.62. The van der Waals surface area contributed by atoms with E-state index in [-0.39, 0.29) is 12.5 Å². The molecule has 0 radical (unpaired) electrons. The normalized spacial score (nSPS) is 16.9.